The third-order valence-electron chi connectivity index (χ3n) is 2.67. The molecule has 0 amide bonds. The van der Waals surface area contributed by atoms with Crippen LogP contribution < -0.4 is 0 Å². The second kappa shape index (κ2) is 1.27. The molecule has 0 aromatic heterocycles. The van der Waals surface area contributed by atoms with Crippen molar-refractivity contribution in [3.8, 4) is 0 Å². The molecule has 46 valence electrons. The Morgan fingerprint density at radius 3 is 2.00 bits per heavy atom. The van der Waals surface area contributed by atoms with Gasteiger partial charge in [-0.05, 0) is 31.3 Å². The van der Waals surface area contributed by atoms with Crippen LogP contribution >= 0.6 is 0 Å². The number of hydrogen-bond acceptors (Lipinski definition) is 1. The Morgan fingerprint density at radius 2 is 1.88 bits per heavy atom. The highest BCUT2D eigenvalue weighted by Gasteiger charge is 2.39. The van der Waals surface area contributed by atoms with Crippen molar-refractivity contribution in [2.75, 3.05) is 19.6 Å². The van der Waals surface area contributed by atoms with E-state index >= 15 is 0 Å². The molecule has 0 atom stereocenters. The van der Waals surface area contributed by atoms with Crippen LogP contribution in [0, 0.1) is 5.41 Å². The van der Waals surface area contributed by atoms with E-state index in [1.54, 1.807) is 0 Å². The molecular formula is C7H13N. The second-order valence-corrected chi connectivity index (χ2v) is 3.59. The van der Waals surface area contributed by atoms with Crippen molar-refractivity contribution in [2.24, 2.45) is 5.41 Å². The van der Waals surface area contributed by atoms with Crippen LogP contribution in [-0.4, -0.2) is 24.5 Å². The van der Waals surface area contributed by atoms with Gasteiger partial charge in [-0.3, -0.25) is 0 Å². The van der Waals surface area contributed by atoms with Crippen LogP contribution in [-0.2, 0) is 0 Å². The summed E-state index contributed by atoms with van der Waals surface area (Å²) in [4.78, 5) is 2.57. The van der Waals surface area contributed by atoms with Crippen molar-refractivity contribution in [3.63, 3.8) is 0 Å². The molecule has 2 bridgehead atoms. The predicted molar refractivity (Wildman–Crippen MR) is 33.8 cm³/mol. The summed E-state index contributed by atoms with van der Waals surface area (Å²) in [6, 6.07) is 0. The first-order chi connectivity index (χ1) is 3.79. The van der Waals surface area contributed by atoms with Gasteiger partial charge in [0.2, 0.25) is 0 Å². The number of fused-ring (bicyclic) bond motifs is 2. The summed E-state index contributed by atoms with van der Waals surface area (Å²) in [5, 5.41) is 0. The van der Waals surface area contributed by atoms with E-state index in [0.29, 0.717) is 0 Å². The summed E-state index contributed by atoms with van der Waals surface area (Å²) in [6.07, 6.45) is 2.90. The molecule has 0 radical (unpaired) electrons. The van der Waals surface area contributed by atoms with Gasteiger partial charge in [0, 0.05) is 6.54 Å². The third kappa shape index (κ3) is 0.510. The average molecular weight is 111 g/mol. The first kappa shape index (κ1) is 4.80. The van der Waals surface area contributed by atoms with E-state index < -0.39 is 0 Å². The summed E-state index contributed by atoms with van der Waals surface area (Å²) in [7, 11) is 0. The topological polar surface area (TPSA) is 3.24 Å². The highest BCUT2D eigenvalue weighted by molar-refractivity contribution is 4.92. The van der Waals surface area contributed by atoms with Gasteiger partial charge in [0.25, 0.3) is 0 Å². The fraction of sp³-hybridized carbons (Fsp3) is 1.00. The lowest BCUT2D eigenvalue weighted by molar-refractivity contribution is 0.344. The van der Waals surface area contributed by atoms with Crippen molar-refractivity contribution in [1.82, 2.24) is 4.90 Å². The number of nitrogens with zero attached hydrogens (tertiary/aromatic N) is 1. The molecule has 0 spiro atoms. The van der Waals surface area contributed by atoms with E-state index in [1.807, 2.05) is 0 Å². The van der Waals surface area contributed by atoms with Crippen LogP contribution in [0.4, 0.5) is 0 Å². The van der Waals surface area contributed by atoms with E-state index in [-0.39, 0.29) is 0 Å². The minimum absolute atomic E-state index is 0.736. The molecular weight excluding hydrogens is 98.1 g/mol. The molecule has 2 aliphatic heterocycles. The Morgan fingerprint density at radius 1 is 1.25 bits per heavy atom. The Labute approximate surface area is 50.7 Å². The fourth-order valence-electron chi connectivity index (χ4n) is 1.95. The molecule has 2 aliphatic rings. The van der Waals surface area contributed by atoms with Gasteiger partial charge in [0.15, 0.2) is 0 Å². The SMILES string of the molecule is CC12CCN(CC1)C2. The summed E-state index contributed by atoms with van der Waals surface area (Å²) in [5.41, 5.74) is 0.736. The van der Waals surface area contributed by atoms with E-state index in [0.717, 1.165) is 5.41 Å². The Bertz CT molecular complexity index is 101. The zero-order valence-electron chi connectivity index (χ0n) is 5.48. The van der Waals surface area contributed by atoms with Gasteiger partial charge in [-0.15, -0.1) is 0 Å². The zero-order chi connectivity index (χ0) is 5.61. The molecule has 0 saturated carbocycles. The van der Waals surface area contributed by atoms with Crippen LogP contribution in [0.1, 0.15) is 19.8 Å². The van der Waals surface area contributed by atoms with Crippen molar-refractivity contribution >= 4 is 0 Å². The maximum Gasteiger partial charge on any atom is 0.00363 e. The number of hydrogen-bond donors (Lipinski definition) is 0. The lowest BCUT2D eigenvalue weighted by Crippen LogP contribution is -2.16. The lowest BCUT2D eigenvalue weighted by atomic mass is 9.87. The monoisotopic (exact) mass is 111 g/mol. The average Bonchev–Trinajstić information content (AvgIpc) is 2.21. The first-order valence-corrected chi connectivity index (χ1v) is 3.51. The first-order valence-electron chi connectivity index (χ1n) is 3.51. The summed E-state index contributed by atoms with van der Waals surface area (Å²) in [5.74, 6) is 0. The summed E-state index contributed by atoms with van der Waals surface area (Å²) < 4.78 is 0. The van der Waals surface area contributed by atoms with Gasteiger partial charge in [-0.25, -0.2) is 0 Å². The molecule has 0 N–H and O–H groups in total. The molecule has 0 unspecified atom stereocenters. The van der Waals surface area contributed by atoms with Gasteiger partial charge in [0.05, 0.1) is 0 Å². The molecule has 1 nitrogen and oxygen atoms in total. The number of rotatable bonds is 0. The Balaban J connectivity index is 2.19. The molecule has 2 heterocycles. The largest absolute Gasteiger partial charge is 0.303 e. The van der Waals surface area contributed by atoms with Crippen LogP contribution in [0.2, 0.25) is 0 Å². The summed E-state index contributed by atoms with van der Waals surface area (Å²) >= 11 is 0. The van der Waals surface area contributed by atoms with Crippen molar-refractivity contribution in [1.29, 1.82) is 0 Å². The van der Waals surface area contributed by atoms with Gasteiger partial charge in [0.1, 0.15) is 0 Å². The molecule has 2 fully saturated rings. The number of piperidine rings is 1. The van der Waals surface area contributed by atoms with Gasteiger partial charge in [-0.1, -0.05) is 6.92 Å². The highest BCUT2D eigenvalue weighted by atomic mass is 15.2. The van der Waals surface area contributed by atoms with Crippen LogP contribution in [0.25, 0.3) is 0 Å². The van der Waals surface area contributed by atoms with E-state index in [9.17, 15) is 0 Å². The van der Waals surface area contributed by atoms with Crippen LogP contribution in [0.15, 0.2) is 0 Å². The minimum Gasteiger partial charge on any atom is -0.303 e. The van der Waals surface area contributed by atoms with E-state index in [4.69, 9.17) is 0 Å². The normalized spacial score (nSPS) is 52.9. The van der Waals surface area contributed by atoms with E-state index in [1.165, 1.54) is 32.5 Å². The molecule has 2 saturated heterocycles. The Kier molecular flexibility index (Phi) is 0.762. The fourth-order valence-corrected chi connectivity index (χ4v) is 1.95. The molecule has 0 aliphatic carbocycles. The lowest BCUT2D eigenvalue weighted by Gasteiger charge is -2.17. The highest BCUT2D eigenvalue weighted by Crippen LogP contribution is 2.39. The zero-order valence-corrected chi connectivity index (χ0v) is 5.48. The van der Waals surface area contributed by atoms with Crippen LogP contribution in [0.5, 0.6) is 0 Å². The van der Waals surface area contributed by atoms with Crippen molar-refractivity contribution in [3.05, 3.63) is 0 Å². The maximum absolute atomic E-state index is 2.57. The van der Waals surface area contributed by atoms with Gasteiger partial charge in [-0.2, -0.15) is 0 Å². The second-order valence-electron chi connectivity index (χ2n) is 3.59. The van der Waals surface area contributed by atoms with Gasteiger partial charge < -0.3 is 4.90 Å². The molecule has 0 aromatic carbocycles. The van der Waals surface area contributed by atoms with E-state index in [2.05, 4.69) is 11.8 Å². The molecule has 2 rings (SSSR count). The third-order valence-corrected chi connectivity index (χ3v) is 2.67. The Hall–Kier alpha value is -0.0400. The van der Waals surface area contributed by atoms with Gasteiger partial charge >= 0.3 is 0 Å². The van der Waals surface area contributed by atoms with Crippen LogP contribution in [0.3, 0.4) is 0 Å². The standard InChI is InChI=1S/C7H13N/c1-7-2-4-8(6-7)5-3-7/h2-6H2,1H3. The molecule has 0 aromatic rings. The summed E-state index contributed by atoms with van der Waals surface area (Å²) in [6.45, 7) is 6.54. The minimum atomic E-state index is 0.736. The van der Waals surface area contributed by atoms with Crippen molar-refractivity contribution < 1.29 is 0 Å². The molecule has 1 heteroatoms. The smallest absolute Gasteiger partial charge is 0.00363 e. The predicted octanol–water partition coefficient (Wildman–Crippen LogP) is 1.10. The van der Waals surface area contributed by atoms with Crippen molar-refractivity contribution in [2.45, 2.75) is 19.8 Å². The quantitative estimate of drug-likeness (QED) is 0.452. The maximum atomic E-state index is 2.57. The molecule has 8 heavy (non-hydrogen) atoms.